The minimum atomic E-state index is -0.949. The molecule has 41 heavy (non-hydrogen) atoms. The third-order valence-corrected chi connectivity index (χ3v) is 9.14. The fraction of sp³-hybridized carbons (Fsp3) is 0.200. The van der Waals surface area contributed by atoms with Crippen LogP contribution >= 0.6 is 46.3 Å². The molecule has 0 bridgehead atoms. The highest BCUT2D eigenvalue weighted by molar-refractivity contribution is 8.00. The second-order valence-electron chi connectivity index (χ2n) is 9.18. The smallest absolute Gasteiger partial charge is 0.301 e. The van der Waals surface area contributed by atoms with E-state index in [1.807, 2.05) is 30.3 Å². The maximum atomic E-state index is 13.5. The van der Waals surface area contributed by atoms with Gasteiger partial charge in [-0.3, -0.25) is 14.5 Å². The number of unbranched alkanes of at least 4 members (excludes halogenated alkanes) is 1. The summed E-state index contributed by atoms with van der Waals surface area (Å²) >= 11 is 15.0. The van der Waals surface area contributed by atoms with E-state index in [9.17, 15) is 14.7 Å². The van der Waals surface area contributed by atoms with E-state index in [-0.39, 0.29) is 16.5 Å². The largest absolute Gasteiger partial charge is 0.507 e. The van der Waals surface area contributed by atoms with Gasteiger partial charge in [0, 0.05) is 21.4 Å². The van der Waals surface area contributed by atoms with E-state index in [1.54, 1.807) is 42.5 Å². The number of ketones is 1. The zero-order chi connectivity index (χ0) is 28.9. The first-order valence-electron chi connectivity index (χ1n) is 12.9. The number of benzene rings is 3. The Morgan fingerprint density at radius 2 is 1.83 bits per heavy atom. The van der Waals surface area contributed by atoms with Gasteiger partial charge in [-0.25, -0.2) is 0 Å². The minimum Gasteiger partial charge on any atom is -0.507 e. The van der Waals surface area contributed by atoms with E-state index in [1.165, 1.54) is 28.0 Å². The quantitative estimate of drug-likeness (QED) is 0.0477. The van der Waals surface area contributed by atoms with Crippen molar-refractivity contribution in [1.82, 2.24) is 10.2 Å². The molecular formula is C30H25Cl2N3O4S2. The molecule has 1 aliphatic rings. The highest BCUT2D eigenvalue weighted by Gasteiger charge is 2.48. The van der Waals surface area contributed by atoms with E-state index in [0.29, 0.717) is 43.6 Å². The number of amides is 1. The lowest BCUT2D eigenvalue weighted by atomic mass is 9.95. The molecule has 1 amide bonds. The van der Waals surface area contributed by atoms with Crippen LogP contribution in [0.5, 0.6) is 5.75 Å². The number of aliphatic hydroxyl groups is 1. The fourth-order valence-electron chi connectivity index (χ4n) is 4.33. The van der Waals surface area contributed by atoms with Crippen LogP contribution in [0.1, 0.15) is 42.5 Å². The number of hydrogen-bond donors (Lipinski definition) is 1. The van der Waals surface area contributed by atoms with Gasteiger partial charge in [-0.2, -0.15) is 0 Å². The first kappa shape index (κ1) is 29.1. The van der Waals surface area contributed by atoms with E-state index in [0.717, 1.165) is 18.4 Å². The summed E-state index contributed by atoms with van der Waals surface area (Å²) < 4.78 is 6.51. The molecule has 1 unspecified atom stereocenters. The number of aromatic nitrogens is 2. The number of nitrogens with zero attached hydrogens (tertiary/aromatic N) is 3. The Labute approximate surface area is 255 Å². The van der Waals surface area contributed by atoms with Crippen molar-refractivity contribution in [3.8, 4) is 5.75 Å². The molecule has 210 valence electrons. The highest BCUT2D eigenvalue weighted by atomic mass is 35.5. The summed E-state index contributed by atoms with van der Waals surface area (Å²) in [6.07, 6.45) is 1.87. The van der Waals surface area contributed by atoms with Crippen LogP contribution in [-0.4, -0.2) is 33.6 Å². The van der Waals surface area contributed by atoms with Gasteiger partial charge in [0.25, 0.3) is 5.78 Å². The van der Waals surface area contributed by atoms with Crippen molar-refractivity contribution in [2.75, 3.05) is 11.5 Å². The summed E-state index contributed by atoms with van der Waals surface area (Å²) in [7, 11) is 0. The van der Waals surface area contributed by atoms with Gasteiger partial charge in [0.15, 0.2) is 4.34 Å². The van der Waals surface area contributed by atoms with Crippen molar-refractivity contribution in [1.29, 1.82) is 0 Å². The van der Waals surface area contributed by atoms with E-state index in [4.69, 9.17) is 27.9 Å². The van der Waals surface area contributed by atoms with Crippen LogP contribution < -0.4 is 9.64 Å². The summed E-state index contributed by atoms with van der Waals surface area (Å²) in [5, 5.41) is 21.2. The lowest BCUT2D eigenvalue weighted by Crippen LogP contribution is -2.29. The third-order valence-electron chi connectivity index (χ3n) is 6.41. The van der Waals surface area contributed by atoms with Gasteiger partial charge < -0.3 is 9.84 Å². The van der Waals surface area contributed by atoms with Crippen molar-refractivity contribution in [2.24, 2.45) is 0 Å². The van der Waals surface area contributed by atoms with Gasteiger partial charge in [0.1, 0.15) is 11.5 Å². The first-order chi connectivity index (χ1) is 19.9. The minimum absolute atomic E-state index is 0.0523. The van der Waals surface area contributed by atoms with E-state index >= 15 is 0 Å². The fourth-order valence-corrected chi connectivity index (χ4v) is 6.61. The Balaban J connectivity index is 1.54. The van der Waals surface area contributed by atoms with Crippen LogP contribution in [-0.2, 0) is 15.3 Å². The van der Waals surface area contributed by atoms with Crippen LogP contribution in [0, 0.1) is 0 Å². The Kier molecular flexibility index (Phi) is 9.29. The van der Waals surface area contributed by atoms with Crippen molar-refractivity contribution < 1.29 is 19.4 Å². The topological polar surface area (TPSA) is 92.6 Å². The molecule has 11 heteroatoms. The number of Topliss-reactive ketones (excluding diaryl/α,β-unsaturated/α-hetero) is 1. The molecule has 5 rings (SSSR count). The molecule has 0 saturated carbocycles. The monoisotopic (exact) mass is 625 g/mol. The zero-order valence-corrected chi connectivity index (χ0v) is 25.1. The summed E-state index contributed by atoms with van der Waals surface area (Å²) in [5.41, 5.74) is 1.85. The Morgan fingerprint density at radius 1 is 1.05 bits per heavy atom. The number of hydrogen-bond acceptors (Lipinski definition) is 8. The Hall–Kier alpha value is -3.37. The molecule has 1 N–H and O–H groups in total. The van der Waals surface area contributed by atoms with Gasteiger partial charge in [0.2, 0.25) is 5.13 Å². The molecule has 1 aliphatic heterocycles. The van der Waals surface area contributed by atoms with Gasteiger partial charge >= 0.3 is 5.91 Å². The number of halogens is 2. The van der Waals surface area contributed by atoms with Crippen LogP contribution in [0.4, 0.5) is 5.13 Å². The predicted octanol–water partition coefficient (Wildman–Crippen LogP) is 7.94. The number of aliphatic hydroxyl groups excluding tert-OH is 1. The number of carbonyl (C=O) groups is 2. The van der Waals surface area contributed by atoms with Gasteiger partial charge in [-0.1, -0.05) is 90.0 Å². The molecule has 3 aromatic carbocycles. The first-order valence-corrected chi connectivity index (χ1v) is 15.4. The van der Waals surface area contributed by atoms with Crippen molar-refractivity contribution in [2.45, 2.75) is 35.9 Å². The average Bonchev–Trinajstić information content (AvgIpc) is 3.55. The van der Waals surface area contributed by atoms with Crippen molar-refractivity contribution >= 4 is 68.9 Å². The van der Waals surface area contributed by atoms with Crippen LogP contribution in [0.2, 0.25) is 10.0 Å². The molecule has 0 spiro atoms. The molecule has 7 nitrogen and oxygen atoms in total. The lowest BCUT2D eigenvalue weighted by molar-refractivity contribution is -0.132. The zero-order valence-electron chi connectivity index (χ0n) is 21.9. The van der Waals surface area contributed by atoms with Gasteiger partial charge in [-0.15, -0.1) is 10.2 Å². The number of carbonyl (C=O) groups excluding carboxylic acids is 2. The predicted molar refractivity (Wildman–Crippen MR) is 164 cm³/mol. The summed E-state index contributed by atoms with van der Waals surface area (Å²) in [5.74, 6) is -0.768. The molecular weight excluding hydrogens is 601 g/mol. The number of rotatable bonds is 10. The molecule has 1 saturated heterocycles. The molecule has 2 heterocycles. The van der Waals surface area contributed by atoms with Crippen LogP contribution in [0.3, 0.4) is 0 Å². The summed E-state index contributed by atoms with van der Waals surface area (Å²) in [4.78, 5) is 28.3. The van der Waals surface area contributed by atoms with Crippen molar-refractivity contribution in [3.63, 3.8) is 0 Å². The second-order valence-corrected chi connectivity index (χ2v) is 12.2. The molecule has 1 fully saturated rings. The molecule has 1 atom stereocenters. The van der Waals surface area contributed by atoms with E-state index in [2.05, 4.69) is 17.1 Å². The average molecular weight is 627 g/mol. The normalized spacial score (nSPS) is 16.4. The number of ether oxygens (including phenoxy) is 1. The van der Waals surface area contributed by atoms with Gasteiger partial charge in [0.05, 0.1) is 18.2 Å². The van der Waals surface area contributed by atoms with Gasteiger partial charge in [-0.05, 0) is 60.0 Å². The third kappa shape index (κ3) is 6.43. The summed E-state index contributed by atoms with van der Waals surface area (Å²) in [6, 6.07) is 20.2. The molecule has 4 aromatic rings. The van der Waals surface area contributed by atoms with E-state index < -0.39 is 17.7 Å². The van der Waals surface area contributed by atoms with Crippen molar-refractivity contribution in [3.05, 3.63) is 105 Å². The SMILES string of the molecule is CCCCOc1cccc(C2/C(=C(\O)c3ccc(Cl)cc3)C(=O)C(=O)N2c2nnc(SCc3ccccc3Cl)s2)c1. The Bertz CT molecular complexity index is 1610. The Morgan fingerprint density at radius 3 is 2.59 bits per heavy atom. The lowest BCUT2D eigenvalue weighted by Gasteiger charge is -2.23. The van der Waals surface area contributed by atoms with Crippen LogP contribution in [0.25, 0.3) is 5.76 Å². The highest BCUT2D eigenvalue weighted by Crippen LogP contribution is 2.44. The summed E-state index contributed by atoms with van der Waals surface area (Å²) in [6.45, 7) is 2.61. The number of anilines is 1. The molecule has 1 aromatic heterocycles. The molecule has 0 aliphatic carbocycles. The maximum Gasteiger partial charge on any atom is 0.301 e. The molecule has 0 radical (unpaired) electrons. The maximum absolute atomic E-state index is 13.5. The second kappa shape index (κ2) is 13.1. The number of thioether (sulfide) groups is 1. The van der Waals surface area contributed by atoms with Crippen LogP contribution in [0.15, 0.2) is 82.7 Å². The standard InChI is InChI=1S/C30H25Cl2N3O4S2/c1-2-3-15-39-22-9-6-8-19(16-22)25-24(26(36)18-11-13-21(31)14-12-18)27(37)28(38)35(25)29-33-34-30(41-29)40-17-20-7-4-5-10-23(20)32/h4-14,16,25,36H,2-3,15,17H2,1H3/b26-24+.